The number of amides is 2. The van der Waals surface area contributed by atoms with Crippen LogP contribution in [0.3, 0.4) is 0 Å². The molecule has 2 aliphatic carbocycles. The number of nitrogens with zero attached hydrogens (tertiary/aromatic N) is 2. The molecule has 2 aromatic rings. The number of ketones is 2. The predicted molar refractivity (Wildman–Crippen MR) is 139 cm³/mol. The molecule has 11 nitrogen and oxygen atoms in total. The van der Waals surface area contributed by atoms with Crippen LogP contribution in [0.5, 0.6) is 23.0 Å². The number of urea groups is 1. The molecule has 0 saturated heterocycles. The van der Waals surface area contributed by atoms with Crippen LogP contribution in [-0.4, -0.2) is 61.5 Å². The fourth-order valence-corrected chi connectivity index (χ4v) is 4.80. The second-order valence-corrected chi connectivity index (χ2v) is 9.96. The van der Waals surface area contributed by atoms with Gasteiger partial charge in [0.15, 0.2) is 0 Å². The molecule has 0 aliphatic heterocycles. The molecule has 0 atom stereocenters. The highest BCUT2D eigenvalue weighted by molar-refractivity contribution is 6.32. The minimum absolute atomic E-state index is 0.153. The molecule has 2 aromatic carbocycles. The van der Waals surface area contributed by atoms with E-state index in [1.54, 1.807) is 0 Å². The van der Waals surface area contributed by atoms with Crippen molar-refractivity contribution in [1.82, 2.24) is 10.3 Å². The average Bonchev–Trinajstić information content (AvgIpc) is 2.87. The SMILES string of the molecule is CC1CCC(NC(=O)N(CCCl)N=O)CC1.Cc1cc(O)c2c(c1O)C(=O)c1c(O)cc(C)c(O)c1C2=O. The first-order valence-corrected chi connectivity index (χ1v) is 12.6. The number of carbonyl (C=O) groups is 3. The molecule has 12 heteroatoms. The number of nitroso groups, excluding NO2 is 1. The first kappa shape index (κ1) is 28.7. The number of carbonyl (C=O) groups excluding carboxylic acids is 3. The Hall–Kier alpha value is -3.86. The molecular weight excluding hydrogens is 518 g/mol. The Kier molecular flexibility index (Phi) is 8.82. The monoisotopic (exact) mass is 547 g/mol. The van der Waals surface area contributed by atoms with Crippen molar-refractivity contribution in [2.24, 2.45) is 11.2 Å². The molecule has 0 heterocycles. The number of hydrogen-bond donors (Lipinski definition) is 5. The van der Waals surface area contributed by atoms with E-state index in [1.807, 2.05) is 0 Å². The van der Waals surface area contributed by atoms with E-state index in [0.717, 1.165) is 48.7 Å². The Morgan fingerprint density at radius 1 is 0.921 bits per heavy atom. The first-order chi connectivity index (χ1) is 17.9. The summed E-state index contributed by atoms with van der Waals surface area (Å²) in [4.78, 5) is 47.1. The van der Waals surface area contributed by atoms with Crippen LogP contribution < -0.4 is 5.32 Å². The van der Waals surface area contributed by atoms with E-state index in [-0.39, 0.29) is 51.8 Å². The number of phenols is 4. The maximum atomic E-state index is 12.6. The van der Waals surface area contributed by atoms with Gasteiger partial charge in [0.1, 0.15) is 23.0 Å². The van der Waals surface area contributed by atoms with Crippen molar-refractivity contribution in [3.63, 3.8) is 0 Å². The Balaban J connectivity index is 0.000000223. The number of aromatic hydroxyl groups is 4. The summed E-state index contributed by atoms with van der Waals surface area (Å²) in [5.74, 6) is -2.50. The van der Waals surface area contributed by atoms with Crippen molar-refractivity contribution < 1.29 is 34.8 Å². The summed E-state index contributed by atoms with van der Waals surface area (Å²) in [6.07, 6.45) is 4.19. The standard InChI is InChI=1S/C16H12O6.C10H18ClN3O2/c1-5-3-7(17)9-11(13(5)19)15(21)10-8(18)4-6(2)14(20)12(10)16(9)22;1-8-2-4-9(5-3-8)12-10(15)14(13-16)7-6-11/h3-4,17-20H,1-2H3;8-9H,2-7H2,1H3,(H,12,15). The van der Waals surface area contributed by atoms with Gasteiger partial charge in [0, 0.05) is 11.9 Å². The molecule has 38 heavy (non-hydrogen) atoms. The minimum Gasteiger partial charge on any atom is -0.507 e. The molecule has 0 spiro atoms. The number of rotatable bonds is 4. The molecule has 0 unspecified atom stereocenters. The van der Waals surface area contributed by atoms with E-state index >= 15 is 0 Å². The van der Waals surface area contributed by atoms with Gasteiger partial charge in [-0.3, -0.25) is 9.59 Å². The molecule has 204 valence electrons. The Labute approximate surface area is 224 Å². The van der Waals surface area contributed by atoms with E-state index in [4.69, 9.17) is 11.6 Å². The molecule has 0 radical (unpaired) electrons. The van der Waals surface area contributed by atoms with Gasteiger partial charge >= 0.3 is 6.03 Å². The van der Waals surface area contributed by atoms with Crippen molar-refractivity contribution in [2.75, 3.05) is 12.4 Å². The van der Waals surface area contributed by atoms with Crippen molar-refractivity contribution in [1.29, 1.82) is 0 Å². The summed E-state index contributed by atoms with van der Waals surface area (Å²) >= 11 is 5.46. The highest BCUT2D eigenvalue weighted by Crippen LogP contribution is 2.45. The summed E-state index contributed by atoms with van der Waals surface area (Å²) in [5.41, 5.74) is -1.04. The van der Waals surface area contributed by atoms with Crippen LogP contribution in [0.4, 0.5) is 4.79 Å². The maximum absolute atomic E-state index is 12.6. The van der Waals surface area contributed by atoms with Gasteiger partial charge in [0.05, 0.1) is 34.1 Å². The summed E-state index contributed by atoms with van der Waals surface area (Å²) < 4.78 is 0. The van der Waals surface area contributed by atoms with E-state index in [1.165, 1.54) is 13.8 Å². The number of phenolic OH excluding ortho intramolecular Hbond substituents is 4. The van der Waals surface area contributed by atoms with Gasteiger partial charge in [-0.25, -0.2) is 4.79 Å². The predicted octanol–water partition coefficient (Wildman–Crippen LogP) is 4.40. The molecule has 0 aromatic heterocycles. The fourth-order valence-electron chi connectivity index (χ4n) is 4.64. The van der Waals surface area contributed by atoms with Crippen LogP contribution in [0.15, 0.2) is 17.4 Å². The van der Waals surface area contributed by atoms with Gasteiger partial charge in [-0.1, -0.05) is 6.92 Å². The Bertz CT molecular complexity index is 1210. The van der Waals surface area contributed by atoms with Gasteiger partial charge in [-0.05, 0) is 68.7 Å². The zero-order chi connectivity index (χ0) is 28.3. The molecule has 2 aliphatic rings. The molecule has 1 fully saturated rings. The minimum atomic E-state index is -0.825. The summed E-state index contributed by atoms with van der Waals surface area (Å²) in [5, 5.41) is 46.4. The third-order valence-corrected chi connectivity index (χ3v) is 6.99. The Morgan fingerprint density at radius 2 is 1.37 bits per heavy atom. The number of alkyl halides is 1. The van der Waals surface area contributed by atoms with E-state index in [9.17, 15) is 39.7 Å². The lowest BCUT2D eigenvalue weighted by atomic mass is 9.80. The normalized spacial score (nSPS) is 18.0. The second-order valence-electron chi connectivity index (χ2n) is 9.58. The van der Waals surface area contributed by atoms with Crippen molar-refractivity contribution in [2.45, 2.75) is 52.5 Å². The number of halogens is 1. The molecule has 5 N–H and O–H groups in total. The maximum Gasteiger partial charge on any atom is 0.340 e. The van der Waals surface area contributed by atoms with Gasteiger partial charge in [0.2, 0.25) is 11.6 Å². The van der Waals surface area contributed by atoms with Gasteiger partial charge in [0.25, 0.3) is 0 Å². The molecular formula is C26H30ClN3O8. The third kappa shape index (κ3) is 5.52. The highest BCUT2D eigenvalue weighted by atomic mass is 35.5. The topological polar surface area (TPSA) is 177 Å². The number of hydrogen-bond acceptors (Lipinski definition) is 9. The molecule has 2 amide bonds. The van der Waals surface area contributed by atoms with Gasteiger partial charge in [-0.15, -0.1) is 16.5 Å². The molecule has 1 saturated carbocycles. The van der Waals surface area contributed by atoms with Crippen LogP contribution >= 0.6 is 11.6 Å². The summed E-state index contributed by atoms with van der Waals surface area (Å²) in [7, 11) is 0. The van der Waals surface area contributed by atoms with Crippen LogP contribution in [0.2, 0.25) is 0 Å². The highest BCUT2D eigenvalue weighted by Gasteiger charge is 2.39. The Morgan fingerprint density at radius 3 is 1.76 bits per heavy atom. The lowest BCUT2D eigenvalue weighted by molar-refractivity contribution is 0.0969. The number of nitrogens with one attached hydrogen (secondary N) is 1. The fraction of sp³-hybridized carbons (Fsp3) is 0.423. The second kappa shape index (κ2) is 11.7. The van der Waals surface area contributed by atoms with Crippen LogP contribution in [0.1, 0.15) is 75.6 Å². The van der Waals surface area contributed by atoms with Crippen molar-refractivity contribution >= 4 is 29.2 Å². The quantitative estimate of drug-likeness (QED) is 0.138. The van der Waals surface area contributed by atoms with Crippen molar-refractivity contribution in [3.8, 4) is 23.0 Å². The van der Waals surface area contributed by atoms with Crippen LogP contribution in [0, 0.1) is 24.7 Å². The summed E-state index contributed by atoms with van der Waals surface area (Å²) in [6.45, 7) is 5.30. The van der Waals surface area contributed by atoms with Crippen LogP contribution in [-0.2, 0) is 0 Å². The smallest absolute Gasteiger partial charge is 0.340 e. The van der Waals surface area contributed by atoms with E-state index < -0.39 is 40.6 Å². The number of aryl methyl sites for hydroxylation is 2. The van der Waals surface area contributed by atoms with Crippen LogP contribution in [0.25, 0.3) is 0 Å². The van der Waals surface area contributed by atoms with E-state index in [0.29, 0.717) is 0 Å². The summed E-state index contributed by atoms with van der Waals surface area (Å²) in [6, 6.07) is 2.06. The molecule has 0 bridgehead atoms. The average molecular weight is 548 g/mol. The van der Waals surface area contributed by atoms with Gasteiger partial charge in [-0.2, -0.15) is 5.01 Å². The zero-order valence-corrected chi connectivity index (χ0v) is 22.0. The lowest BCUT2D eigenvalue weighted by Crippen LogP contribution is -2.44. The number of benzene rings is 2. The third-order valence-electron chi connectivity index (χ3n) is 6.82. The van der Waals surface area contributed by atoms with Gasteiger partial charge < -0.3 is 25.7 Å². The molecule has 4 rings (SSSR count). The zero-order valence-electron chi connectivity index (χ0n) is 21.2. The first-order valence-electron chi connectivity index (χ1n) is 12.1. The number of fused-ring (bicyclic) bond motifs is 2. The largest absolute Gasteiger partial charge is 0.507 e. The lowest BCUT2D eigenvalue weighted by Gasteiger charge is -2.27. The van der Waals surface area contributed by atoms with Crippen molar-refractivity contribution in [3.05, 3.63) is 50.4 Å². The van der Waals surface area contributed by atoms with E-state index in [2.05, 4.69) is 17.5 Å².